The molecule has 26 heavy (non-hydrogen) atoms. The monoisotopic (exact) mass is 368 g/mol. The van der Waals surface area contributed by atoms with Crippen LogP contribution in [0, 0.1) is 5.92 Å². The number of hydrogen-bond donors (Lipinski definition) is 2. The van der Waals surface area contributed by atoms with Crippen molar-refractivity contribution in [2.45, 2.75) is 110 Å². The molecule has 1 atom stereocenters. The third-order valence-electron chi connectivity index (χ3n) is 4.98. The highest BCUT2D eigenvalue weighted by Gasteiger charge is 2.15. The molecule has 0 amide bonds. The van der Waals surface area contributed by atoms with Crippen LogP contribution < -0.4 is 0 Å². The van der Waals surface area contributed by atoms with E-state index in [1.165, 1.54) is 32.1 Å². The van der Waals surface area contributed by atoms with E-state index in [9.17, 15) is 14.7 Å². The Morgan fingerprint density at radius 2 is 1.35 bits per heavy atom. The van der Waals surface area contributed by atoms with Crippen LogP contribution >= 0.6 is 0 Å². The Hall–Kier alpha value is -1.32. The SMILES string of the molecule is CCCCCCCCC=C(C(=O)O)C(C)CCCCCCCCC(=O)O. The molecule has 0 radical (unpaired) electrons. The van der Waals surface area contributed by atoms with Crippen molar-refractivity contribution in [3.05, 3.63) is 11.6 Å². The minimum atomic E-state index is -0.767. The molecule has 4 heteroatoms. The van der Waals surface area contributed by atoms with E-state index in [-0.39, 0.29) is 12.3 Å². The summed E-state index contributed by atoms with van der Waals surface area (Å²) in [5, 5.41) is 18.0. The van der Waals surface area contributed by atoms with Crippen LogP contribution in [0.2, 0.25) is 0 Å². The lowest BCUT2D eigenvalue weighted by molar-refractivity contribution is -0.137. The highest BCUT2D eigenvalue weighted by molar-refractivity contribution is 5.87. The van der Waals surface area contributed by atoms with Crippen molar-refractivity contribution in [2.24, 2.45) is 5.92 Å². The molecule has 0 bridgehead atoms. The number of carbonyl (C=O) groups is 2. The molecule has 0 saturated carbocycles. The van der Waals surface area contributed by atoms with Gasteiger partial charge in [0, 0.05) is 12.0 Å². The zero-order valence-corrected chi connectivity index (χ0v) is 17.0. The molecule has 0 aliphatic carbocycles. The fraction of sp³-hybridized carbons (Fsp3) is 0.818. The summed E-state index contributed by atoms with van der Waals surface area (Å²) in [7, 11) is 0. The largest absolute Gasteiger partial charge is 0.481 e. The van der Waals surface area contributed by atoms with Gasteiger partial charge in [-0.1, -0.05) is 84.1 Å². The van der Waals surface area contributed by atoms with Crippen LogP contribution in [0.25, 0.3) is 0 Å². The lowest BCUT2D eigenvalue weighted by Crippen LogP contribution is -2.10. The summed E-state index contributed by atoms with van der Waals surface area (Å²) >= 11 is 0. The van der Waals surface area contributed by atoms with E-state index in [4.69, 9.17) is 5.11 Å². The molecule has 4 nitrogen and oxygen atoms in total. The van der Waals surface area contributed by atoms with Gasteiger partial charge in [-0.05, 0) is 31.6 Å². The Balaban J connectivity index is 3.86. The Morgan fingerprint density at radius 1 is 0.808 bits per heavy atom. The zero-order valence-electron chi connectivity index (χ0n) is 17.0. The van der Waals surface area contributed by atoms with E-state index in [1.807, 2.05) is 13.0 Å². The first-order valence-electron chi connectivity index (χ1n) is 10.6. The highest BCUT2D eigenvalue weighted by Crippen LogP contribution is 2.21. The number of aliphatic carboxylic acids is 2. The number of allylic oxidation sites excluding steroid dienone is 1. The molecule has 0 aromatic rings. The van der Waals surface area contributed by atoms with Crippen LogP contribution in [0.1, 0.15) is 110 Å². The van der Waals surface area contributed by atoms with E-state index in [0.717, 1.165) is 57.8 Å². The van der Waals surface area contributed by atoms with Crippen LogP contribution in [0.15, 0.2) is 11.6 Å². The van der Waals surface area contributed by atoms with Crippen LogP contribution in [0.5, 0.6) is 0 Å². The highest BCUT2D eigenvalue weighted by atomic mass is 16.4. The molecule has 0 saturated heterocycles. The van der Waals surface area contributed by atoms with Crippen molar-refractivity contribution in [3.8, 4) is 0 Å². The Morgan fingerprint density at radius 3 is 1.92 bits per heavy atom. The van der Waals surface area contributed by atoms with Crippen molar-refractivity contribution in [1.82, 2.24) is 0 Å². The van der Waals surface area contributed by atoms with Gasteiger partial charge in [-0.15, -0.1) is 0 Å². The molecule has 0 aromatic carbocycles. The van der Waals surface area contributed by atoms with Gasteiger partial charge in [0.05, 0.1) is 0 Å². The molecule has 152 valence electrons. The molecule has 0 rings (SSSR count). The quantitative estimate of drug-likeness (QED) is 0.211. The second kappa shape index (κ2) is 17.1. The van der Waals surface area contributed by atoms with Crippen LogP contribution in [0.3, 0.4) is 0 Å². The van der Waals surface area contributed by atoms with E-state index in [2.05, 4.69) is 6.92 Å². The average molecular weight is 369 g/mol. The second-order valence-corrected chi connectivity index (χ2v) is 7.48. The Labute approximate surface area is 160 Å². The standard InChI is InChI=1S/C22H40O4/c1-3-4-5-6-7-11-14-17-20(22(25)26)19(2)16-13-10-8-9-12-15-18-21(23)24/h17,19H,3-16,18H2,1-2H3,(H,23,24)(H,25,26). The number of hydrogen-bond acceptors (Lipinski definition) is 2. The second-order valence-electron chi connectivity index (χ2n) is 7.48. The van der Waals surface area contributed by atoms with E-state index < -0.39 is 11.9 Å². The van der Waals surface area contributed by atoms with Crippen molar-refractivity contribution in [2.75, 3.05) is 0 Å². The fourth-order valence-corrected chi connectivity index (χ4v) is 3.27. The summed E-state index contributed by atoms with van der Waals surface area (Å²) in [6.07, 6.45) is 17.4. The molecule has 0 spiro atoms. The minimum absolute atomic E-state index is 0.111. The van der Waals surface area contributed by atoms with E-state index in [0.29, 0.717) is 5.57 Å². The smallest absolute Gasteiger partial charge is 0.331 e. The summed E-state index contributed by atoms with van der Waals surface area (Å²) in [5.41, 5.74) is 0.583. The third-order valence-corrected chi connectivity index (χ3v) is 4.98. The Kier molecular flexibility index (Phi) is 16.2. The normalized spacial score (nSPS) is 12.9. The summed E-state index contributed by atoms with van der Waals surface area (Å²) in [6.45, 7) is 4.23. The molecule has 1 unspecified atom stereocenters. The first kappa shape index (κ1) is 24.7. The maximum atomic E-state index is 11.5. The molecule has 2 N–H and O–H groups in total. The van der Waals surface area contributed by atoms with E-state index >= 15 is 0 Å². The van der Waals surface area contributed by atoms with Gasteiger partial charge >= 0.3 is 11.9 Å². The van der Waals surface area contributed by atoms with Crippen molar-refractivity contribution in [1.29, 1.82) is 0 Å². The van der Waals surface area contributed by atoms with Crippen molar-refractivity contribution in [3.63, 3.8) is 0 Å². The Bertz CT molecular complexity index is 401. The number of unbranched alkanes of at least 4 members (excludes halogenated alkanes) is 11. The van der Waals surface area contributed by atoms with E-state index in [1.54, 1.807) is 0 Å². The fourth-order valence-electron chi connectivity index (χ4n) is 3.27. The topological polar surface area (TPSA) is 74.6 Å². The summed E-state index contributed by atoms with van der Waals surface area (Å²) < 4.78 is 0. The maximum absolute atomic E-state index is 11.5. The van der Waals surface area contributed by atoms with Gasteiger partial charge < -0.3 is 10.2 Å². The molecule has 0 heterocycles. The minimum Gasteiger partial charge on any atom is -0.481 e. The van der Waals surface area contributed by atoms with Gasteiger partial charge in [0.25, 0.3) is 0 Å². The molecular formula is C22H40O4. The molecule has 0 aliphatic rings. The summed E-state index contributed by atoms with van der Waals surface area (Å²) in [6, 6.07) is 0. The average Bonchev–Trinajstić information content (AvgIpc) is 2.58. The first-order chi connectivity index (χ1) is 12.5. The van der Waals surface area contributed by atoms with Gasteiger partial charge in [-0.3, -0.25) is 4.79 Å². The van der Waals surface area contributed by atoms with Crippen LogP contribution in [0.4, 0.5) is 0 Å². The first-order valence-corrected chi connectivity index (χ1v) is 10.6. The lowest BCUT2D eigenvalue weighted by Gasteiger charge is -2.12. The predicted octanol–water partition coefficient (Wildman–Crippen LogP) is 6.59. The van der Waals surface area contributed by atoms with Crippen molar-refractivity contribution < 1.29 is 19.8 Å². The molecule has 0 aromatic heterocycles. The molecule has 0 fully saturated rings. The molecule has 0 aliphatic heterocycles. The number of carboxylic acid groups (broad SMARTS) is 2. The summed E-state index contributed by atoms with van der Waals surface area (Å²) in [4.78, 5) is 21.9. The predicted molar refractivity (Wildman–Crippen MR) is 107 cm³/mol. The zero-order chi connectivity index (χ0) is 19.6. The van der Waals surface area contributed by atoms with Gasteiger partial charge in [0.15, 0.2) is 0 Å². The van der Waals surface area contributed by atoms with Gasteiger partial charge in [-0.25, -0.2) is 4.79 Å². The maximum Gasteiger partial charge on any atom is 0.331 e. The number of rotatable bonds is 18. The van der Waals surface area contributed by atoms with Gasteiger partial charge in [0.2, 0.25) is 0 Å². The van der Waals surface area contributed by atoms with Gasteiger partial charge in [-0.2, -0.15) is 0 Å². The van der Waals surface area contributed by atoms with Gasteiger partial charge in [0.1, 0.15) is 0 Å². The summed E-state index contributed by atoms with van der Waals surface area (Å²) in [5.74, 6) is -1.37. The lowest BCUT2D eigenvalue weighted by atomic mass is 9.93. The van der Waals surface area contributed by atoms with Crippen LogP contribution in [-0.4, -0.2) is 22.2 Å². The van der Waals surface area contributed by atoms with Crippen LogP contribution in [-0.2, 0) is 9.59 Å². The third kappa shape index (κ3) is 15.0. The van der Waals surface area contributed by atoms with Crippen molar-refractivity contribution >= 4 is 11.9 Å². The molecular weight excluding hydrogens is 328 g/mol. The number of carboxylic acids is 2.